The summed E-state index contributed by atoms with van der Waals surface area (Å²) in [6.07, 6.45) is -1.00. The van der Waals surface area contributed by atoms with Crippen LogP contribution in [0.5, 0.6) is 0 Å². The van der Waals surface area contributed by atoms with Gasteiger partial charge in [0.05, 0.1) is 6.10 Å². The van der Waals surface area contributed by atoms with E-state index in [1.807, 2.05) is 31.2 Å². The van der Waals surface area contributed by atoms with Crippen molar-refractivity contribution in [3.63, 3.8) is 0 Å². The zero-order valence-corrected chi connectivity index (χ0v) is 11.9. The monoisotopic (exact) mass is 293 g/mol. The molecule has 2 rings (SSSR count). The van der Waals surface area contributed by atoms with Gasteiger partial charge >= 0.3 is 0 Å². The van der Waals surface area contributed by atoms with Crippen LogP contribution >= 0.6 is 11.6 Å². The lowest BCUT2D eigenvalue weighted by molar-refractivity contribution is 0.143. The molecule has 2 unspecified atom stereocenters. The second-order valence-electron chi connectivity index (χ2n) is 4.81. The van der Waals surface area contributed by atoms with Gasteiger partial charge in [-0.2, -0.15) is 0 Å². The van der Waals surface area contributed by atoms with Crippen LogP contribution in [0, 0.1) is 12.7 Å². The summed E-state index contributed by atoms with van der Waals surface area (Å²) in [5.41, 5.74) is 7.95. The summed E-state index contributed by atoms with van der Waals surface area (Å²) in [7, 11) is 0. The maximum Gasteiger partial charge on any atom is 0.130 e. The van der Waals surface area contributed by atoms with Gasteiger partial charge in [0.25, 0.3) is 0 Å². The van der Waals surface area contributed by atoms with Crippen LogP contribution in [-0.2, 0) is 0 Å². The SMILES string of the molecule is Cc1ccccc1C(CN)C(O)c1ccc(Cl)cc1F. The fraction of sp³-hybridized carbons (Fsp3) is 0.250. The van der Waals surface area contributed by atoms with Gasteiger partial charge in [-0.3, -0.25) is 0 Å². The fourth-order valence-corrected chi connectivity index (χ4v) is 2.55. The minimum Gasteiger partial charge on any atom is -0.388 e. The number of halogens is 2. The lowest BCUT2D eigenvalue weighted by Gasteiger charge is -2.24. The molecule has 0 aliphatic heterocycles. The Bertz CT molecular complexity index is 603. The summed E-state index contributed by atoms with van der Waals surface area (Å²) in [5, 5.41) is 10.8. The van der Waals surface area contributed by atoms with Gasteiger partial charge in [0.15, 0.2) is 0 Å². The molecule has 2 nitrogen and oxygen atoms in total. The van der Waals surface area contributed by atoms with Crippen LogP contribution in [0.4, 0.5) is 4.39 Å². The highest BCUT2D eigenvalue weighted by atomic mass is 35.5. The Morgan fingerprint density at radius 2 is 1.90 bits per heavy atom. The number of aliphatic hydroxyl groups is 1. The Balaban J connectivity index is 2.39. The minimum absolute atomic E-state index is 0.216. The van der Waals surface area contributed by atoms with Gasteiger partial charge in [0.2, 0.25) is 0 Å². The molecule has 0 saturated carbocycles. The zero-order chi connectivity index (χ0) is 14.7. The Morgan fingerprint density at radius 1 is 1.20 bits per heavy atom. The van der Waals surface area contributed by atoms with Gasteiger partial charge in [-0.05, 0) is 30.2 Å². The highest BCUT2D eigenvalue weighted by Crippen LogP contribution is 2.33. The van der Waals surface area contributed by atoms with Crippen LogP contribution in [0.3, 0.4) is 0 Å². The van der Waals surface area contributed by atoms with Crippen molar-refractivity contribution < 1.29 is 9.50 Å². The molecule has 0 heterocycles. The Kier molecular flexibility index (Phi) is 4.76. The molecule has 2 atom stereocenters. The lowest BCUT2D eigenvalue weighted by atomic mass is 9.86. The van der Waals surface area contributed by atoms with Gasteiger partial charge in [-0.15, -0.1) is 0 Å². The van der Waals surface area contributed by atoms with Crippen LogP contribution in [0.15, 0.2) is 42.5 Å². The molecule has 20 heavy (non-hydrogen) atoms. The minimum atomic E-state index is -1.00. The van der Waals surface area contributed by atoms with Crippen molar-refractivity contribution in [1.82, 2.24) is 0 Å². The summed E-state index contributed by atoms with van der Waals surface area (Å²) in [5.74, 6) is -0.871. The van der Waals surface area contributed by atoms with E-state index in [9.17, 15) is 9.50 Å². The summed E-state index contributed by atoms with van der Waals surface area (Å²) in [6.45, 7) is 2.18. The smallest absolute Gasteiger partial charge is 0.130 e. The molecule has 2 aromatic carbocycles. The van der Waals surface area contributed by atoms with Gasteiger partial charge in [-0.1, -0.05) is 41.9 Å². The van der Waals surface area contributed by atoms with Crippen molar-refractivity contribution in [3.8, 4) is 0 Å². The van der Waals surface area contributed by atoms with Crippen LogP contribution in [-0.4, -0.2) is 11.7 Å². The van der Waals surface area contributed by atoms with Crippen molar-refractivity contribution >= 4 is 11.6 Å². The molecule has 0 saturated heterocycles. The van der Waals surface area contributed by atoms with E-state index in [0.29, 0.717) is 5.02 Å². The van der Waals surface area contributed by atoms with Gasteiger partial charge < -0.3 is 10.8 Å². The first-order chi connectivity index (χ1) is 9.54. The predicted molar refractivity (Wildman–Crippen MR) is 79.3 cm³/mol. The van der Waals surface area contributed by atoms with Crippen LogP contribution in [0.25, 0.3) is 0 Å². The van der Waals surface area contributed by atoms with E-state index < -0.39 is 11.9 Å². The first-order valence-corrected chi connectivity index (χ1v) is 6.81. The summed E-state index contributed by atoms with van der Waals surface area (Å²) >= 11 is 5.73. The topological polar surface area (TPSA) is 46.2 Å². The summed E-state index contributed by atoms with van der Waals surface area (Å²) in [6, 6.07) is 11.9. The normalized spacial score (nSPS) is 14.1. The number of hydrogen-bond acceptors (Lipinski definition) is 2. The van der Waals surface area contributed by atoms with Gasteiger partial charge in [-0.25, -0.2) is 4.39 Å². The number of rotatable bonds is 4. The molecule has 4 heteroatoms. The van der Waals surface area contributed by atoms with Crippen molar-refractivity contribution in [2.75, 3.05) is 6.54 Å². The average molecular weight is 294 g/mol. The van der Waals surface area contributed by atoms with E-state index in [1.165, 1.54) is 12.1 Å². The largest absolute Gasteiger partial charge is 0.388 e. The third-order valence-corrected chi connectivity index (χ3v) is 3.74. The third kappa shape index (κ3) is 3.01. The van der Waals surface area contributed by atoms with E-state index in [1.54, 1.807) is 6.07 Å². The predicted octanol–water partition coefficient (Wildman–Crippen LogP) is 3.56. The molecule has 0 aromatic heterocycles. The Labute approximate surface area is 123 Å². The molecule has 0 aliphatic rings. The first-order valence-electron chi connectivity index (χ1n) is 6.43. The third-order valence-electron chi connectivity index (χ3n) is 3.50. The molecule has 3 N–H and O–H groups in total. The summed E-state index contributed by atoms with van der Waals surface area (Å²) in [4.78, 5) is 0. The number of nitrogens with two attached hydrogens (primary N) is 1. The molecule has 0 spiro atoms. The zero-order valence-electron chi connectivity index (χ0n) is 11.2. The maximum atomic E-state index is 13.9. The van der Waals surface area contributed by atoms with Crippen LogP contribution in [0.2, 0.25) is 5.02 Å². The van der Waals surface area contributed by atoms with Gasteiger partial charge in [0.1, 0.15) is 5.82 Å². The number of aliphatic hydroxyl groups excluding tert-OH is 1. The Hall–Kier alpha value is -1.42. The molecule has 0 fully saturated rings. The molecule has 0 aliphatic carbocycles. The van der Waals surface area contributed by atoms with E-state index in [0.717, 1.165) is 11.1 Å². The van der Waals surface area contributed by atoms with E-state index in [-0.39, 0.29) is 18.0 Å². The Morgan fingerprint density at radius 3 is 2.50 bits per heavy atom. The fourth-order valence-electron chi connectivity index (χ4n) is 2.39. The molecular formula is C16H17ClFNO. The van der Waals surface area contributed by atoms with Crippen LogP contribution in [0.1, 0.15) is 28.7 Å². The summed E-state index contributed by atoms with van der Waals surface area (Å²) < 4.78 is 13.9. The standard InChI is InChI=1S/C16H17ClFNO/c1-10-4-2-3-5-12(10)14(9-19)16(20)13-7-6-11(17)8-15(13)18/h2-8,14,16,20H,9,19H2,1H3. The second kappa shape index (κ2) is 6.35. The first kappa shape index (κ1) is 15.0. The number of hydrogen-bond donors (Lipinski definition) is 2. The second-order valence-corrected chi connectivity index (χ2v) is 5.25. The van der Waals surface area contributed by atoms with Crippen molar-refractivity contribution in [3.05, 3.63) is 70.0 Å². The highest BCUT2D eigenvalue weighted by Gasteiger charge is 2.25. The van der Waals surface area contributed by atoms with Crippen molar-refractivity contribution in [2.45, 2.75) is 18.9 Å². The average Bonchev–Trinajstić information content (AvgIpc) is 2.41. The molecule has 0 bridgehead atoms. The quantitative estimate of drug-likeness (QED) is 0.905. The van der Waals surface area contributed by atoms with Gasteiger partial charge in [0, 0.05) is 23.0 Å². The molecule has 0 radical (unpaired) electrons. The molecule has 106 valence electrons. The number of benzene rings is 2. The van der Waals surface area contributed by atoms with E-state index in [4.69, 9.17) is 17.3 Å². The molecular weight excluding hydrogens is 277 g/mol. The number of aryl methyl sites for hydroxylation is 1. The van der Waals surface area contributed by atoms with E-state index >= 15 is 0 Å². The van der Waals surface area contributed by atoms with Crippen molar-refractivity contribution in [2.24, 2.45) is 5.73 Å². The van der Waals surface area contributed by atoms with Crippen LogP contribution < -0.4 is 5.73 Å². The molecule has 2 aromatic rings. The molecule has 0 amide bonds. The maximum absolute atomic E-state index is 13.9. The lowest BCUT2D eigenvalue weighted by Crippen LogP contribution is -2.21. The van der Waals surface area contributed by atoms with E-state index in [2.05, 4.69) is 0 Å². The highest BCUT2D eigenvalue weighted by molar-refractivity contribution is 6.30. The van der Waals surface area contributed by atoms with Crippen molar-refractivity contribution in [1.29, 1.82) is 0 Å².